The zero-order chi connectivity index (χ0) is 38.5. The van der Waals surface area contributed by atoms with Gasteiger partial charge in [-0.15, -0.1) is 11.3 Å². The topological polar surface area (TPSA) is 147 Å². The lowest BCUT2D eigenvalue weighted by molar-refractivity contribution is -0.152. The van der Waals surface area contributed by atoms with Crippen LogP contribution >= 0.6 is 11.3 Å². The van der Waals surface area contributed by atoms with Crippen LogP contribution in [0, 0.1) is 0 Å². The van der Waals surface area contributed by atoms with Gasteiger partial charge in [-0.05, 0) is 67.4 Å². The fourth-order valence-electron chi connectivity index (χ4n) is 8.28. The number of aromatic nitrogens is 1. The van der Waals surface area contributed by atoms with Crippen LogP contribution in [0.4, 0.5) is 17.1 Å². The van der Waals surface area contributed by atoms with Crippen molar-refractivity contribution in [3.05, 3.63) is 83.2 Å². The minimum absolute atomic E-state index is 0.0380. The Labute approximate surface area is 327 Å². The Kier molecular flexibility index (Phi) is 9.28. The fourth-order valence-corrected chi connectivity index (χ4v) is 9.38. The molecule has 9 rings (SSSR count). The number of carbonyl (C=O) groups excluding carboxylic acids is 5. The molecule has 3 N–H and O–H groups in total. The van der Waals surface area contributed by atoms with Crippen LogP contribution in [0.1, 0.15) is 40.9 Å². The molecule has 2 atom stereocenters. The zero-order valence-corrected chi connectivity index (χ0v) is 31.9. The highest BCUT2D eigenvalue weighted by Gasteiger charge is 2.33. The molecule has 5 amide bonds. The van der Waals surface area contributed by atoms with Gasteiger partial charge in [0.05, 0.1) is 22.8 Å². The number of benzene rings is 3. The van der Waals surface area contributed by atoms with Crippen molar-refractivity contribution in [3.8, 4) is 11.3 Å². The minimum Gasteiger partial charge on any atom is -0.381 e. The Bertz CT molecular complexity index is 2400. The highest BCUT2D eigenvalue weighted by molar-refractivity contribution is 7.21. The molecule has 56 heavy (non-hydrogen) atoms. The summed E-state index contributed by atoms with van der Waals surface area (Å²) in [5.74, 6) is -1.77. The van der Waals surface area contributed by atoms with Gasteiger partial charge in [-0.25, -0.2) is 4.98 Å². The van der Waals surface area contributed by atoms with E-state index in [9.17, 15) is 24.0 Å². The van der Waals surface area contributed by atoms with Crippen molar-refractivity contribution in [2.24, 2.45) is 0 Å². The Morgan fingerprint density at radius 1 is 0.786 bits per heavy atom. The molecule has 3 aromatic carbocycles. The molecular formula is C42H42N8O5S. The average Bonchev–Trinajstić information content (AvgIpc) is 3.55. The SMILES string of the molecule is C[C@@H]1CNc2c(sc3ccc4nc(-c5cccc(N6CCN(C(=O)C(=O)N7CCN(c8ccc(C9CCC(=O)NC9=O)cc8)CC7)CC6)c5)ccc4c23)C(=O)N1. The lowest BCUT2D eigenvalue weighted by Gasteiger charge is -2.39. The van der Waals surface area contributed by atoms with Crippen LogP contribution in [-0.2, 0) is 19.2 Å². The monoisotopic (exact) mass is 770 g/mol. The Balaban J connectivity index is 0.807. The van der Waals surface area contributed by atoms with Crippen molar-refractivity contribution in [1.82, 2.24) is 25.4 Å². The van der Waals surface area contributed by atoms with Crippen molar-refractivity contribution in [2.75, 3.05) is 74.0 Å². The largest absolute Gasteiger partial charge is 0.381 e. The summed E-state index contributed by atoms with van der Waals surface area (Å²) >= 11 is 1.50. The molecule has 0 radical (unpaired) electrons. The molecule has 6 heterocycles. The quantitative estimate of drug-likeness (QED) is 0.181. The van der Waals surface area contributed by atoms with Crippen molar-refractivity contribution in [2.45, 2.75) is 31.7 Å². The third-order valence-corrected chi connectivity index (χ3v) is 12.6. The van der Waals surface area contributed by atoms with Crippen LogP contribution in [0.3, 0.4) is 0 Å². The molecule has 0 aliphatic carbocycles. The first-order valence-electron chi connectivity index (χ1n) is 19.2. The predicted octanol–water partition coefficient (Wildman–Crippen LogP) is 4.18. The van der Waals surface area contributed by atoms with E-state index in [1.54, 1.807) is 9.80 Å². The number of thiophene rings is 1. The predicted molar refractivity (Wildman–Crippen MR) is 217 cm³/mol. The highest BCUT2D eigenvalue weighted by Crippen LogP contribution is 2.41. The maximum atomic E-state index is 13.4. The first-order valence-corrected chi connectivity index (χ1v) is 20.0. The summed E-state index contributed by atoms with van der Waals surface area (Å²) in [6.45, 7) is 6.86. The minimum atomic E-state index is -0.458. The standard InChI is InChI=1S/C42H42N8O5S/c1-25-24-43-37-36-31-9-11-32(45-33(31)12-13-34(36)56-38(37)40(53)44-25)27-3-2-4-29(23-27)48-17-21-50(22-18-48)42(55)41(54)49-19-15-47(16-20-49)28-7-5-26(6-8-28)30-10-14-35(51)46-39(30)52/h2-9,11-13,23,25,30,43H,10,14-22,24H2,1H3,(H,44,53)(H,46,51,52)/t25-,30?/m1/s1. The van der Waals surface area contributed by atoms with Crippen LogP contribution < -0.4 is 25.8 Å². The molecular weight excluding hydrogens is 729 g/mol. The van der Waals surface area contributed by atoms with Gasteiger partial charge < -0.3 is 30.2 Å². The van der Waals surface area contributed by atoms with Gasteiger partial charge in [0.2, 0.25) is 11.8 Å². The second-order valence-electron chi connectivity index (χ2n) is 15.0. The number of rotatable bonds is 4. The van der Waals surface area contributed by atoms with E-state index >= 15 is 0 Å². The molecule has 13 nitrogen and oxygen atoms in total. The van der Waals surface area contributed by atoms with Gasteiger partial charge in [0.15, 0.2) is 0 Å². The summed E-state index contributed by atoms with van der Waals surface area (Å²) in [6.07, 6.45) is 0.847. The Hall–Kier alpha value is -6.02. The van der Waals surface area contributed by atoms with E-state index in [4.69, 9.17) is 4.98 Å². The normalized spacial score (nSPS) is 20.3. The van der Waals surface area contributed by atoms with Crippen LogP contribution in [0.25, 0.3) is 32.2 Å². The smallest absolute Gasteiger partial charge is 0.312 e. The molecule has 4 aliphatic rings. The molecule has 1 unspecified atom stereocenters. The van der Waals surface area contributed by atoms with Gasteiger partial charge in [0, 0.05) is 104 Å². The molecule has 3 fully saturated rings. The summed E-state index contributed by atoms with van der Waals surface area (Å²) < 4.78 is 1.05. The molecule has 0 spiro atoms. The molecule has 0 saturated carbocycles. The number of carbonyl (C=O) groups is 5. The van der Waals surface area contributed by atoms with E-state index in [0.717, 1.165) is 54.9 Å². The second-order valence-corrected chi connectivity index (χ2v) is 16.0. The Morgan fingerprint density at radius 3 is 2.18 bits per heavy atom. The number of piperazine rings is 2. The molecule has 2 aromatic heterocycles. The maximum absolute atomic E-state index is 13.4. The number of anilines is 3. The van der Waals surface area contributed by atoms with E-state index < -0.39 is 11.8 Å². The van der Waals surface area contributed by atoms with Crippen LogP contribution in [0.5, 0.6) is 0 Å². The lowest BCUT2D eigenvalue weighted by atomic mass is 9.90. The summed E-state index contributed by atoms with van der Waals surface area (Å²) in [7, 11) is 0. The number of pyridine rings is 1. The molecule has 14 heteroatoms. The van der Waals surface area contributed by atoms with Gasteiger partial charge in [0.25, 0.3) is 5.91 Å². The van der Waals surface area contributed by atoms with Gasteiger partial charge in [0.1, 0.15) is 4.88 Å². The van der Waals surface area contributed by atoms with Crippen molar-refractivity contribution in [3.63, 3.8) is 0 Å². The summed E-state index contributed by atoms with van der Waals surface area (Å²) in [6, 6.07) is 24.3. The zero-order valence-electron chi connectivity index (χ0n) is 31.0. The van der Waals surface area contributed by atoms with Gasteiger partial charge in [-0.3, -0.25) is 29.3 Å². The lowest BCUT2D eigenvalue weighted by Crippen LogP contribution is -2.56. The van der Waals surface area contributed by atoms with Crippen LogP contribution in [0.15, 0.2) is 72.8 Å². The molecule has 0 bridgehead atoms. The van der Waals surface area contributed by atoms with Crippen LogP contribution in [0.2, 0.25) is 0 Å². The Morgan fingerprint density at radius 2 is 1.48 bits per heavy atom. The highest BCUT2D eigenvalue weighted by atomic mass is 32.1. The van der Waals surface area contributed by atoms with Gasteiger partial charge in [-0.1, -0.05) is 24.3 Å². The fraction of sp³-hybridized carbons (Fsp3) is 0.333. The molecule has 286 valence electrons. The number of hydrogen-bond acceptors (Lipinski definition) is 10. The van der Waals surface area contributed by atoms with E-state index in [-0.39, 0.29) is 29.7 Å². The summed E-state index contributed by atoms with van der Waals surface area (Å²) in [5, 5.41) is 11.0. The maximum Gasteiger partial charge on any atom is 0.312 e. The van der Waals surface area contributed by atoms with Crippen LogP contribution in [-0.4, -0.2) is 109 Å². The average molecular weight is 771 g/mol. The van der Waals surface area contributed by atoms with Crippen molar-refractivity contribution >= 4 is 78.9 Å². The van der Waals surface area contributed by atoms with Crippen molar-refractivity contribution < 1.29 is 24.0 Å². The molecule has 5 aromatic rings. The van der Waals surface area contributed by atoms with Gasteiger partial charge in [-0.2, -0.15) is 0 Å². The van der Waals surface area contributed by atoms with E-state index in [0.29, 0.717) is 76.6 Å². The molecule has 3 saturated heterocycles. The number of nitrogens with zero attached hydrogens (tertiary/aromatic N) is 5. The number of amides is 5. The first-order chi connectivity index (χ1) is 27.2. The first kappa shape index (κ1) is 35.7. The second kappa shape index (κ2) is 14.6. The van der Waals surface area contributed by atoms with Crippen molar-refractivity contribution in [1.29, 1.82) is 0 Å². The summed E-state index contributed by atoms with van der Waals surface area (Å²) in [4.78, 5) is 76.9. The van der Waals surface area contributed by atoms with E-state index in [1.165, 1.54) is 11.3 Å². The number of nitrogens with one attached hydrogen (secondary N) is 3. The number of hydrogen-bond donors (Lipinski definition) is 3. The van der Waals surface area contributed by atoms with E-state index in [2.05, 4.69) is 50.0 Å². The van der Waals surface area contributed by atoms with Gasteiger partial charge >= 0.3 is 11.8 Å². The third kappa shape index (κ3) is 6.67. The number of fused-ring (bicyclic) bond motifs is 5. The van der Waals surface area contributed by atoms with E-state index in [1.807, 2.05) is 55.5 Å². The number of imide groups is 1. The summed E-state index contributed by atoms with van der Waals surface area (Å²) in [5.41, 5.74) is 6.48. The molecule has 4 aliphatic heterocycles. The number of piperidine rings is 1. The third-order valence-electron chi connectivity index (χ3n) is 11.4.